The maximum Gasteiger partial charge on any atom is 0.331 e. The van der Waals surface area contributed by atoms with Crippen LogP contribution in [0.3, 0.4) is 0 Å². The summed E-state index contributed by atoms with van der Waals surface area (Å²) in [5.74, 6) is -1.91. The molecule has 2 rings (SSSR count). The second-order valence-electron chi connectivity index (χ2n) is 5.08. The van der Waals surface area contributed by atoms with Gasteiger partial charge in [0.2, 0.25) is 0 Å². The lowest BCUT2D eigenvalue weighted by Crippen LogP contribution is -2.47. The van der Waals surface area contributed by atoms with Crippen molar-refractivity contribution in [3.63, 3.8) is 0 Å². The number of carboxylic acids is 1. The van der Waals surface area contributed by atoms with E-state index in [-0.39, 0.29) is 17.0 Å². The molecular formula is C16H17N3O5. The Morgan fingerprint density at radius 1 is 1.21 bits per heavy atom. The van der Waals surface area contributed by atoms with Gasteiger partial charge in [0.15, 0.2) is 6.04 Å². The first-order chi connectivity index (χ1) is 11.4. The van der Waals surface area contributed by atoms with E-state index in [9.17, 15) is 19.5 Å². The van der Waals surface area contributed by atoms with Crippen LogP contribution in [0.2, 0.25) is 0 Å². The molecule has 1 atom stereocenters. The average Bonchev–Trinajstić information content (AvgIpc) is 2.90. The van der Waals surface area contributed by atoms with Gasteiger partial charge >= 0.3 is 12.0 Å². The summed E-state index contributed by atoms with van der Waals surface area (Å²) in [5, 5.41) is 15.6. The molecule has 0 bridgehead atoms. The Hall–Kier alpha value is -3.16. The van der Waals surface area contributed by atoms with Crippen LogP contribution < -0.4 is 5.32 Å². The molecule has 8 heteroatoms. The molecule has 0 saturated heterocycles. The molecule has 2 aromatic rings. The normalized spacial score (nSPS) is 11.6. The van der Waals surface area contributed by atoms with Crippen LogP contribution in [-0.2, 0) is 4.79 Å². The van der Waals surface area contributed by atoms with E-state index in [1.807, 2.05) is 0 Å². The van der Waals surface area contributed by atoms with Crippen LogP contribution in [0, 0.1) is 13.8 Å². The number of carbonyl (C=O) groups is 3. The number of nitrogens with one attached hydrogen (secondary N) is 1. The van der Waals surface area contributed by atoms with Gasteiger partial charge in [0.1, 0.15) is 11.3 Å². The van der Waals surface area contributed by atoms with Gasteiger partial charge in [-0.25, -0.2) is 14.5 Å². The Bertz CT molecular complexity index is 750. The number of imide groups is 1. The van der Waals surface area contributed by atoms with Crippen molar-refractivity contribution < 1.29 is 24.0 Å². The molecule has 8 nitrogen and oxygen atoms in total. The first-order valence-electron chi connectivity index (χ1n) is 7.14. The zero-order chi connectivity index (χ0) is 17.9. The van der Waals surface area contributed by atoms with E-state index < -0.39 is 23.9 Å². The fourth-order valence-electron chi connectivity index (χ4n) is 2.39. The fourth-order valence-corrected chi connectivity index (χ4v) is 2.39. The Morgan fingerprint density at radius 2 is 1.83 bits per heavy atom. The fraction of sp³-hybridized carbons (Fsp3) is 0.250. The summed E-state index contributed by atoms with van der Waals surface area (Å²) >= 11 is 0. The maximum absolute atomic E-state index is 12.9. The minimum Gasteiger partial charge on any atom is -0.479 e. The minimum atomic E-state index is -1.48. The van der Waals surface area contributed by atoms with E-state index in [2.05, 4.69) is 10.5 Å². The third-order valence-corrected chi connectivity index (χ3v) is 3.51. The summed E-state index contributed by atoms with van der Waals surface area (Å²) in [6.07, 6.45) is 0. The van der Waals surface area contributed by atoms with Gasteiger partial charge in [-0.05, 0) is 19.4 Å². The van der Waals surface area contributed by atoms with E-state index >= 15 is 0 Å². The molecule has 2 N–H and O–H groups in total. The van der Waals surface area contributed by atoms with Crippen molar-refractivity contribution in [3.8, 4) is 0 Å². The smallest absolute Gasteiger partial charge is 0.331 e. The van der Waals surface area contributed by atoms with Crippen molar-refractivity contribution in [3.05, 3.63) is 52.9 Å². The number of urea groups is 1. The summed E-state index contributed by atoms with van der Waals surface area (Å²) in [4.78, 5) is 37.6. The van der Waals surface area contributed by atoms with Gasteiger partial charge in [-0.15, -0.1) is 0 Å². The lowest BCUT2D eigenvalue weighted by atomic mass is 10.0. The topological polar surface area (TPSA) is 113 Å². The predicted molar refractivity (Wildman–Crippen MR) is 83.4 cm³/mol. The zero-order valence-corrected chi connectivity index (χ0v) is 13.4. The zero-order valence-electron chi connectivity index (χ0n) is 13.4. The molecule has 0 saturated carbocycles. The molecule has 0 fully saturated rings. The highest BCUT2D eigenvalue weighted by molar-refractivity contribution is 6.07. The number of amides is 3. The number of aromatic nitrogens is 1. The SMILES string of the molecule is CNC(=O)N(C(=O)c1c(C)noc1C)C(C(=O)O)c1ccccc1. The number of nitrogens with zero attached hydrogens (tertiary/aromatic N) is 2. The molecule has 3 amide bonds. The van der Waals surface area contributed by atoms with Crippen LogP contribution >= 0.6 is 0 Å². The number of aryl methyl sites for hydroxylation is 2. The highest BCUT2D eigenvalue weighted by Crippen LogP contribution is 2.25. The van der Waals surface area contributed by atoms with Gasteiger partial charge in [0, 0.05) is 7.05 Å². The Labute approximate surface area is 138 Å². The standard InChI is InChI=1S/C16H17N3O5/c1-9-12(10(2)24-18-9)14(20)19(16(23)17-3)13(15(21)22)11-7-5-4-6-8-11/h4-8,13H,1-3H3,(H,17,23)(H,21,22). The van der Waals surface area contributed by atoms with E-state index in [0.717, 1.165) is 0 Å². The van der Waals surface area contributed by atoms with Gasteiger partial charge in [-0.1, -0.05) is 35.5 Å². The molecule has 1 aromatic carbocycles. The van der Waals surface area contributed by atoms with E-state index in [4.69, 9.17) is 4.52 Å². The van der Waals surface area contributed by atoms with Crippen molar-refractivity contribution >= 4 is 17.9 Å². The largest absolute Gasteiger partial charge is 0.479 e. The first kappa shape index (κ1) is 17.2. The molecule has 0 aliphatic heterocycles. The number of rotatable bonds is 4. The molecule has 24 heavy (non-hydrogen) atoms. The molecule has 0 spiro atoms. The van der Waals surface area contributed by atoms with Gasteiger partial charge in [-0.3, -0.25) is 4.79 Å². The maximum atomic E-state index is 12.9. The third-order valence-electron chi connectivity index (χ3n) is 3.51. The highest BCUT2D eigenvalue weighted by Gasteiger charge is 2.38. The summed E-state index contributed by atoms with van der Waals surface area (Å²) < 4.78 is 4.95. The van der Waals surface area contributed by atoms with Crippen LogP contribution in [0.1, 0.15) is 33.4 Å². The van der Waals surface area contributed by atoms with E-state index in [0.29, 0.717) is 10.5 Å². The predicted octanol–water partition coefficient (Wildman–Crippen LogP) is 1.90. The van der Waals surface area contributed by atoms with Crippen LogP contribution in [0.25, 0.3) is 0 Å². The van der Waals surface area contributed by atoms with Crippen molar-refractivity contribution in [2.24, 2.45) is 0 Å². The van der Waals surface area contributed by atoms with Gasteiger partial charge < -0.3 is 14.9 Å². The number of carboxylic acid groups (broad SMARTS) is 1. The quantitative estimate of drug-likeness (QED) is 0.884. The second kappa shape index (κ2) is 6.95. The van der Waals surface area contributed by atoms with Crippen LogP contribution in [0.5, 0.6) is 0 Å². The number of benzene rings is 1. The first-order valence-corrected chi connectivity index (χ1v) is 7.14. The summed E-state index contributed by atoms with van der Waals surface area (Å²) in [6.45, 7) is 3.07. The van der Waals surface area contributed by atoms with E-state index in [1.54, 1.807) is 25.1 Å². The molecule has 1 heterocycles. The lowest BCUT2D eigenvalue weighted by molar-refractivity contribution is -0.141. The summed E-state index contributed by atoms with van der Waals surface area (Å²) in [5.41, 5.74) is 0.651. The van der Waals surface area contributed by atoms with Crippen molar-refractivity contribution in [2.45, 2.75) is 19.9 Å². The molecule has 0 aliphatic rings. The molecule has 126 valence electrons. The number of aliphatic carboxylic acids is 1. The molecule has 0 aliphatic carbocycles. The number of carbonyl (C=O) groups excluding carboxylic acids is 2. The van der Waals surface area contributed by atoms with Crippen molar-refractivity contribution in [2.75, 3.05) is 7.05 Å². The number of hydrogen-bond donors (Lipinski definition) is 2. The lowest BCUT2D eigenvalue weighted by Gasteiger charge is -2.27. The summed E-state index contributed by atoms with van der Waals surface area (Å²) in [7, 11) is 1.32. The van der Waals surface area contributed by atoms with E-state index in [1.165, 1.54) is 26.1 Å². The molecular weight excluding hydrogens is 314 g/mol. The van der Waals surface area contributed by atoms with Gasteiger partial charge in [0.05, 0.1) is 5.69 Å². The van der Waals surface area contributed by atoms with Gasteiger partial charge in [0.25, 0.3) is 5.91 Å². The van der Waals surface area contributed by atoms with Crippen LogP contribution in [0.15, 0.2) is 34.9 Å². The Kier molecular flexibility index (Phi) is 4.98. The minimum absolute atomic E-state index is 0.0702. The van der Waals surface area contributed by atoms with Crippen LogP contribution in [-0.4, -0.2) is 40.1 Å². The van der Waals surface area contributed by atoms with Crippen molar-refractivity contribution in [1.29, 1.82) is 0 Å². The molecule has 1 unspecified atom stereocenters. The van der Waals surface area contributed by atoms with Crippen molar-refractivity contribution in [1.82, 2.24) is 15.4 Å². The molecule has 0 radical (unpaired) electrons. The Balaban J connectivity index is 2.57. The molecule has 1 aromatic heterocycles. The summed E-state index contributed by atoms with van der Waals surface area (Å²) in [6, 6.07) is 5.73. The number of hydrogen-bond acceptors (Lipinski definition) is 5. The highest BCUT2D eigenvalue weighted by atomic mass is 16.5. The third kappa shape index (κ3) is 3.12. The van der Waals surface area contributed by atoms with Gasteiger partial charge in [-0.2, -0.15) is 0 Å². The van der Waals surface area contributed by atoms with Crippen LogP contribution in [0.4, 0.5) is 4.79 Å². The average molecular weight is 331 g/mol. The Morgan fingerprint density at radius 3 is 2.29 bits per heavy atom. The monoisotopic (exact) mass is 331 g/mol. The second-order valence-corrected chi connectivity index (χ2v) is 5.08.